The van der Waals surface area contributed by atoms with Crippen LogP contribution in [0.2, 0.25) is 0 Å². The lowest BCUT2D eigenvalue weighted by Gasteiger charge is -2.20. The number of likely N-dealkylation sites (N-methyl/N-ethyl adjacent to an activating group) is 1. The van der Waals surface area contributed by atoms with E-state index >= 15 is 0 Å². The van der Waals surface area contributed by atoms with Crippen molar-refractivity contribution in [3.05, 3.63) is 71.3 Å². The predicted molar refractivity (Wildman–Crippen MR) is 130 cm³/mol. The van der Waals surface area contributed by atoms with Gasteiger partial charge in [-0.3, -0.25) is 14.7 Å². The summed E-state index contributed by atoms with van der Waals surface area (Å²) in [4.78, 5) is 31.6. The zero-order chi connectivity index (χ0) is 25.0. The molecule has 35 heavy (non-hydrogen) atoms. The molecule has 0 spiro atoms. The van der Waals surface area contributed by atoms with Gasteiger partial charge in [0, 0.05) is 26.1 Å². The van der Waals surface area contributed by atoms with E-state index in [4.69, 9.17) is 9.47 Å². The molecule has 1 aromatic heterocycles. The molecule has 9 heteroatoms. The van der Waals surface area contributed by atoms with Crippen molar-refractivity contribution < 1.29 is 19.1 Å². The standard InChI is InChI=1S/C26H27N5O4/c1-26(2,34-4)13-12-18-10-11-21-20(14-18)31(3)25(33)19(16-35-21)27-24(32)23-28-22(29-30-23)15-17-8-6-5-7-9-17/h5-11,14,19H,15-16H2,1-4H3,(H,27,32)(H,28,29,30)/t19-/m1/s1. The molecule has 0 saturated heterocycles. The zero-order valence-corrected chi connectivity index (χ0v) is 20.1. The average molecular weight is 474 g/mol. The second-order valence-electron chi connectivity index (χ2n) is 8.65. The Morgan fingerprint density at radius 3 is 2.80 bits per heavy atom. The fraction of sp³-hybridized carbons (Fsp3) is 0.308. The molecule has 0 aliphatic carbocycles. The molecule has 1 aliphatic rings. The third-order valence-electron chi connectivity index (χ3n) is 5.63. The number of fused-ring (bicyclic) bond motifs is 1. The van der Waals surface area contributed by atoms with Crippen LogP contribution < -0.4 is 15.0 Å². The van der Waals surface area contributed by atoms with Crippen molar-refractivity contribution in [3.8, 4) is 17.6 Å². The Balaban J connectivity index is 1.46. The van der Waals surface area contributed by atoms with Crippen LogP contribution in [-0.2, 0) is 16.0 Å². The molecule has 2 heterocycles. The van der Waals surface area contributed by atoms with E-state index in [0.29, 0.717) is 29.2 Å². The molecule has 2 amide bonds. The van der Waals surface area contributed by atoms with Gasteiger partial charge in [-0.25, -0.2) is 4.98 Å². The van der Waals surface area contributed by atoms with Crippen LogP contribution in [0.3, 0.4) is 0 Å². The van der Waals surface area contributed by atoms with Gasteiger partial charge in [-0.05, 0) is 37.6 Å². The third-order valence-corrected chi connectivity index (χ3v) is 5.63. The molecule has 9 nitrogen and oxygen atoms in total. The van der Waals surface area contributed by atoms with E-state index in [1.54, 1.807) is 26.3 Å². The summed E-state index contributed by atoms with van der Waals surface area (Å²) in [6.07, 6.45) is 0.511. The lowest BCUT2D eigenvalue weighted by molar-refractivity contribution is -0.120. The predicted octanol–water partition coefficient (Wildman–Crippen LogP) is 2.33. The number of rotatable bonds is 5. The Morgan fingerprint density at radius 2 is 2.06 bits per heavy atom. The van der Waals surface area contributed by atoms with Crippen LogP contribution in [0.4, 0.5) is 5.69 Å². The van der Waals surface area contributed by atoms with E-state index in [9.17, 15) is 9.59 Å². The Hall–Kier alpha value is -4.16. The van der Waals surface area contributed by atoms with Gasteiger partial charge < -0.3 is 19.7 Å². The van der Waals surface area contributed by atoms with Crippen molar-refractivity contribution >= 4 is 17.5 Å². The number of hydrogen-bond acceptors (Lipinski definition) is 6. The molecule has 4 rings (SSSR count). The van der Waals surface area contributed by atoms with Crippen LogP contribution in [0.1, 0.15) is 41.4 Å². The highest BCUT2D eigenvalue weighted by Crippen LogP contribution is 2.31. The van der Waals surface area contributed by atoms with Crippen LogP contribution in [0.5, 0.6) is 5.75 Å². The number of carbonyl (C=O) groups excluding carboxylic acids is 2. The van der Waals surface area contributed by atoms with Crippen molar-refractivity contribution in [2.75, 3.05) is 25.7 Å². The fourth-order valence-corrected chi connectivity index (χ4v) is 3.44. The molecule has 0 unspecified atom stereocenters. The molecule has 0 fully saturated rings. The Labute approximate surface area is 203 Å². The number of amides is 2. The summed E-state index contributed by atoms with van der Waals surface area (Å²) in [5, 5.41) is 9.48. The van der Waals surface area contributed by atoms with E-state index in [-0.39, 0.29) is 18.3 Å². The fourth-order valence-electron chi connectivity index (χ4n) is 3.44. The van der Waals surface area contributed by atoms with Crippen molar-refractivity contribution in [2.45, 2.75) is 31.9 Å². The van der Waals surface area contributed by atoms with Gasteiger partial charge in [-0.2, -0.15) is 0 Å². The highest BCUT2D eigenvalue weighted by atomic mass is 16.5. The molecule has 180 valence electrons. The maximum atomic E-state index is 13.1. The van der Waals surface area contributed by atoms with Gasteiger partial charge >= 0.3 is 0 Å². The monoisotopic (exact) mass is 473 g/mol. The number of benzene rings is 2. The molecule has 0 radical (unpaired) electrons. The first-order valence-corrected chi connectivity index (χ1v) is 11.1. The summed E-state index contributed by atoms with van der Waals surface area (Å²) in [6.45, 7) is 3.72. The molecule has 1 aliphatic heterocycles. The minimum atomic E-state index is -0.905. The van der Waals surface area contributed by atoms with Gasteiger partial charge in [0.05, 0.1) is 5.69 Å². The van der Waals surface area contributed by atoms with Crippen LogP contribution in [0.25, 0.3) is 0 Å². The van der Waals surface area contributed by atoms with Crippen LogP contribution in [-0.4, -0.2) is 59.4 Å². The van der Waals surface area contributed by atoms with Gasteiger partial charge in [0.15, 0.2) is 0 Å². The average Bonchev–Trinajstić information content (AvgIpc) is 3.29. The summed E-state index contributed by atoms with van der Waals surface area (Å²) < 4.78 is 11.2. The number of aromatic amines is 1. The zero-order valence-electron chi connectivity index (χ0n) is 20.1. The van der Waals surface area contributed by atoms with Crippen molar-refractivity contribution in [1.82, 2.24) is 20.5 Å². The van der Waals surface area contributed by atoms with Crippen molar-refractivity contribution in [2.24, 2.45) is 0 Å². The molecule has 3 aromatic rings. The number of ether oxygens (including phenoxy) is 2. The lowest BCUT2D eigenvalue weighted by atomic mass is 10.1. The first kappa shape index (κ1) is 24.0. The normalized spacial score (nSPS) is 15.4. The van der Waals surface area contributed by atoms with Crippen LogP contribution in [0.15, 0.2) is 48.5 Å². The van der Waals surface area contributed by atoms with E-state index in [1.165, 1.54) is 4.90 Å². The third kappa shape index (κ3) is 5.67. The molecule has 0 saturated carbocycles. The van der Waals surface area contributed by atoms with E-state index in [1.807, 2.05) is 50.2 Å². The van der Waals surface area contributed by atoms with E-state index < -0.39 is 17.6 Å². The summed E-state index contributed by atoms with van der Waals surface area (Å²) in [5.41, 5.74) is 1.72. The summed E-state index contributed by atoms with van der Waals surface area (Å²) in [5.74, 6) is 6.29. The van der Waals surface area contributed by atoms with Gasteiger partial charge in [-0.15, -0.1) is 5.10 Å². The van der Waals surface area contributed by atoms with Gasteiger partial charge in [-0.1, -0.05) is 42.2 Å². The van der Waals surface area contributed by atoms with Gasteiger partial charge in [0.2, 0.25) is 5.82 Å². The first-order valence-electron chi connectivity index (χ1n) is 11.1. The molecular formula is C26H27N5O4. The number of hydrogen-bond donors (Lipinski definition) is 2. The molecule has 0 bridgehead atoms. The SMILES string of the molecule is COC(C)(C)C#Cc1ccc2c(c1)N(C)C(=O)[C@H](NC(=O)c1n[nH]c(Cc3ccccc3)n1)CO2. The van der Waals surface area contributed by atoms with Crippen LogP contribution >= 0.6 is 0 Å². The van der Waals surface area contributed by atoms with Crippen LogP contribution in [0, 0.1) is 11.8 Å². The van der Waals surface area contributed by atoms with Gasteiger partial charge in [0.25, 0.3) is 11.8 Å². The number of carbonyl (C=O) groups is 2. The second-order valence-corrected chi connectivity index (χ2v) is 8.65. The molecule has 1 atom stereocenters. The Bertz CT molecular complexity index is 1290. The molecule has 2 aromatic carbocycles. The number of H-pyrrole nitrogens is 1. The largest absolute Gasteiger partial charge is 0.489 e. The summed E-state index contributed by atoms with van der Waals surface area (Å²) in [6, 6.07) is 14.2. The minimum absolute atomic E-state index is 0.0229. The maximum Gasteiger partial charge on any atom is 0.291 e. The maximum absolute atomic E-state index is 13.1. The topological polar surface area (TPSA) is 109 Å². The first-order chi connectivity index (χ1) is 16.8. The Kier molecular flexibility index (Phi) is 6.85. The number of nitrogens with zero attached hydrogens (tertiary/aromatic N) is 3. The molecule has 2 N–H and O–H groups in total. The highest BCUT2D eigenvalue weighted by molar-refractivity contribution is 6.02. The quantitative estimate of drug-likeness (QED) is 0.551. The number of methoxy groups -OCH3 is 1. The Morgan fingerprint density at radius 1 is 1.29 bits per heavy atom. The minimum Gasteiger partial charge on any atom is -0.489 e. The highest BCUT2D eigenvalue weighted by Gasteiger charge is 2.31. The smallest absolute Gasteiger partial charge is 0.291 e. The van der Waals surface area contributed by atoms with Gasteiger partial charge in [0.1, 0.15) is 29.8 Å². The number of anilines is 1. The number of aromatic nitrogens is 3. The second kappa shape index (κ2) is 9.99. The lowest BCUT2D eigenvalue weighted by Crippen LogP contribution is -2.49. The van der Waals surface area contributed by atoms with Crippen molar-refractivity contribution in [1.29, 1.82) is 0 Å². The van der Waals surface area contributed by atoms with E-state index in [0.717, 1.165) is 5.56 Å². The molecular weight excluding hydrogens is 446 g/mol. The van der Waals surface area contributed by atoms with E-state index in [2.05, 4.69) is 32.3 Å². The number of nitrogens with one attached hydrogen (secondary N) is 2. The van der Waals surface area contributed by atoms with Crippen molar-refractivity contribution in [3.63, 3.8) is 0 Å². The summed E-state index contributed by atoms with van der Waals surface area (Å²) in [7, 11) is 3.24. The summed E-state index contributed by atoms with van der Waals surface area (Å²) >= 11 is 0.